The van der Waals surface area contributed by atoms with E-state index < -0.39 is 22.4 Å². The third-order valence-electron chi connectivity index (χ3n) is 1.79. The molecule has 0 aliphatic heterocycles. The molecule has 0 bridgehead atoms. The fraction of sp³-hybridized carbons (Fsp3) is 0.250. The van der Waals surface area contributed by atoms with Crippen molar-refractivity contribution in [2.45, 2.75) is 13.1 Å². The van der Waals surface area contributed by atoms with Crippen molar-refractivity contribution in [3.05, 3.63) is 37.8 Å². The van der Waals surface area contributed by atoms with Gasteiger partial charge in [0.15, 0.2) is 0 Å². The summed E-state index contributed by atoms with van der Waals surface area (Å²) in [6.07, 6.45) is -4.74. The molecule has 0 aliphatic carbocycles. The number of nitro benzene ring substituents is 1. The van der Waals surface area contributed by atoms with Gasteiger partial charge in [-0.15, -0.1) is 0 Å². The molecule has 0 heterocycles. The van der Waals surface area contributed by atoms with Crippen molar-refractivity contribution in [3.8, 4) is 0 Å². The summed E-state index contributed by atoms with van der Waals surface area (Å²) in [5.74, 6) is 0. The molecule has 0 atom stereocenters. The zero-order chi connectivity index (χ0) is 11.8. The van der Waals surface area contributed by atoms with E-state index in [9.17, 15) is 23.3 Å². The monoisotopic (exact) mass is 283 g/mol. The van der Waals surface area contributed by atoms with Crippen molar-refractivity contribution in [1.29, 1.82) is 0 Å². The number of hydrogen-bond acceptors (Lipinski definition) is 2. The van der Waals surface area contributed by atoms with Gasteiger partial charge in [-0.1, -0.05) is 6.07 Å². The Balaban J connectivity index is 3.57. The summed E-state index contributed by atoms with van der Waals surface area (Å²) in [6, 6.07) is 2.11. The van der Waals surface area contributed by atoms with E-state index in [1.807, 2.05) is 0 Å². The van der Waals surface area contributed by atoms with Gasteiger partial charge >= 0.3 is 6.18 Å². The first-order chi connectivity index (χ1) is 6.75. The quantitative estimate of drug-likeness (QED) is 0.583. The normalized spacial score (nSPS) is 11.5. The maximum Gasteiger partial charge on any atom is 0.424 e. The molecule has 1 aromatic rings. The van der Waals surface area contributed by atoms with Crippen molar-refractivity contribution in [2.24, 2.45) is 0 Å². The Morgan fingerprint density at radius 3 is 2.33 bits per heavy atom. The molecular weight excluding hydrogens is 279 g/mol. The highest BCUT2D eigenvalue weighted by atomic mass is 79.9. The van der Waals surface area contributed by atoms with Crippen molar-refractivity contribution >= 4 is 21.6 Å². The van der Waals surface area contributed by atoms with E-state index in [1.54, 1.807) is 0 Å². The summed E-state index contributed by atoms with van der Waals surface area (Å²) < 4.78 is 37.3. The molecule has 1 aromatic carbocycles. The molecule has 0 unspecified atom stereocenters. The first-order valence-electron chi connectivity index (χ1n) is 3.76. The smallest absolute Gasteiger partial charge is 0.258 e. The number of rotatable bonds is 1. The highest BCUT2D eigenvalue weighted by molar-refractivity contribution is 9.10. The van der Waals surface area contributed by atoms with Crippen LogP contribution < -0.4 is 0 Å². The SMILES string of the molecule is Cc1ccc([N+](=O)[O-])c(C(F)(F)F)c1Br. The highest BCUT2D eigenvalue weighted by Gasteiger charge is 2.40. The number of halogens is 4. The van der Waals surface area contributed by atoms with Gasteiger partial charge in [0, 0.05) is 10.5 Å². The average molecular weight is 284 g/mol. The standard InChI is InChI=1S/C8H5BrF3NO2/c1-4-2-3-5(13(14)15)6(7(4)9)8(10,11)12/h2-3H,1H3. The van der Waals surface area contributed by atoms with Crippen LogP contribution in [0.25, 0.3) is 0 Å². The Kier molecular flexibility index (Phi) is 3.03. The second kappa shape index (κ2) is 3.80. The molecule has 0 fully saturated rings. The molecule has 3 nitrogen and oxygen atoms in total. The lowest BCUT2D eigenvalue weighted by Gasteiger charge is -2.10. The second-order valence-electron chi connectivity index (χ2n) is 2.85. The zero-order valence-electron chi connectivity index (χ0n) is 7.43. The van der Waals surface area contributed by atoms with E-state index in [4.69, 9.17) is 0 Å². The van der Waals surface area contributed by atoms with Gasteiger partial charge < -0.3 is 0 Å². The van der Waals surface area contributed by atoms with Gasteiger partial charge in [-0.05, 0) is 28.4 Å². The average Bonchev–Trinajstić information content (AvgIpc) is 2.06. The van der Waals surface area contributed by atoms with Crippen molar-refractivity contribution in [1.82, 2.24) is 0 Å². The minimum Gasteiger partial charge on any atom is -0.258 e. The van der Waals surface area contributed by atoms with E-state index in [0.29, 0.717) is 5.56 Å². The summed E-state index contributed by atoms with van der Waals surface area (Å²) in [6.45, 7) is 1.43. The van der Waals surface area contributed by atoms with Crippen LogP contribution in [0, 0.1) is 17.0 Å². The number of hydrogen-bond donors (Lipinski definition) is 0. The van der Waals surface area contributed by atoms with Crippen LogP contribution in [0.15, 0.2) is 16.6 Å². The van der Waals surface area contributed by atoms with Crippen molar-refractivity contribution < 1.29 is 18.1 Å². The third kappa shape index (κ3) is 2.28. The fourth-order valence-electron chi connectivity index (χ4n) is 1.09. The second-order valence-corrected chi connectivity index (χ2v) is 3.64. The first kappa shape index (κ1) is 12.0. The topological polar surface area (TPSA) is 43.1 Å². The Bertz CT molecular complexity index is 417. The minimum atomic E-state index is -4.74. The summed E-state index contributed by atoms with van der Waals surface area (Å²) in [7, 11) is 0. The van der Waals surface area contributed by atoms with Gasteiger partial charge in [0.25, 0.3) is 5.69 Å². The Labute approximate surface area is 91.2 Å². The molecule has 0 spiro atoms. The van der Waals surface area contributed by atoms with Crippen LogP contribution in [-0.4, -0.2) is 4.92 Å². The van der Waals surface area contributed by atoms with E-state index >= 15 is 0 Å². The fourth-order valence-corrected chi connectivity index (χ4v) is 1.65. The number of aryl methyl sites for hydroxylation is 1. The van der Waals surface area contributed by atoms with Gasteiger partial charge in [0.1, 0.15) is 5.56 Å². The van der Waals surface area contributed by atoms with Crippen LogP contribution in [0.1, 0.15) is 11.1 Å². The van der Waals surface area contributed by atoms with Gasteiger partial charge in [0.2, 0.25) is 0 Å². The largest absolute Gasteiger partial charge is 0.424 e. The minimum absolute atomic E-state index is 0.288. The van der Waals surface area contributed by atoms with Crippen LogP contribution in [0.4, 0.5) is 18.9 Å². The molecule has 1 rings (SSSR count). The van der Waals surface area contributed by atoms with Crippen LogP contribution in [0.3, 0.4) is 0 Å². The van der Waals surface area contributed by atoms with Gasteiger partial charge in [-0.3, -0.25) is 10.1 Å². The lowest BCUT2D eigenvalue weighted by Crippen LogP contribution is -2.10. The predicted molar refractivity (Wildman–Crippen MR) is 50.5 cm³/mol. The van der Waals surface area contributed by atoms with E-state index in [1.165, 1.54) is 13.0 Å². The van der Waals surface area contributed by atoms with Gasteiger partial charge in [0.05, 0.1) is 4.92 Å². The Hall–Kier alpha value is -1.11. The number of benzene rings is 1. The summed E-state index contributed by atoms with van der Waals surface area (Å²) in [4.78, 5) is 9.37. The maximum atomic E-state index is 12.5. The molecular formula is C8H5BrF3NO2. The number of alkyl halides is 3. The Morgan fingerprint density at radius 1 is 1.40 bits per heavy atom. The lowest BCUT2D eigenvalue weighted by molar-refractivity contribution is -0.388. The van der Waals surface area contributed by atoms with Crippen LogP contribution in [0.2, 0.25) is 0 Å². The molecule has 7 heteroatoms. The van der Waals surface area contributed by atoms with E-state index in [0.717, 1.165) is 6.07 Å². The molecule has 0 saturated carbocycles. The molecule has 0 N–H and O–H groups in total. The van der Waals surface area contributed by atoms with E-state index in [2.05, 4.69) is 15.9 Å². The molecule has 0 aromatic heterocycles. The van der Waals surface area contributed by atoms with Crippen LogP contribution in [-0.2, 0) is 6.18 Å². The zero-order valence-corrected chi connectivity index (χ0v) is 9.02. The maximum absolute atomic E-state index is 12.5. The summed E-state index contributed by atoms with van der Waals surface area (Å²) >= 11 is 2.71. The molecule has 0 aliphatic rings. The molecule has 82 valence electrons. The van der Waals surface area contributed by atoms with E-state index in [-0.39, 0.29) is 4.47 Å². The number of nitrogens with zero attached hydrogens (tertiary/aromatic N) is 1. The van der Waals surface area contributed by atoms with Gasteiger partial charge in [-0.2, -0.15) is 13.2 Å². The lowest BCUT2D eigenvalue weighted by atomic mass is 10.1. The van der Waals surface area contributed by atoms with Crippen molar-refractivity contribution in [3.63, 3.8) is 0 Å². The Morgan fingerprint density at radius 2 is 1.93 bits per heavy atom. The first-order valence-corrected chi connectivity index (χ1v) is 4.55. The summed E-state index contributed by atoms with van der Waals surface area (Å²) in [5.41, 5.74) is -1.89. The molecule has 15 heavy (non-hydrogen) atoms. The van der Waals surface area contributed by atoms with Crippen LogP contribution >= 0.6 is 15.9 Å². The molecule has 0 radical (unpaired) electrons. The summed E-state index contributed by atoms with van der Waals surface area (Å²) in [5, 5.41) is 10.4. The van der Waals surface area contributed by atoms with Crippen LogP contribution in [0.5, 0.6) is 0 Å². The van der Waals surface area contributed by atoms with Gasteiger partial charge in [-0.25, -0.2) is 0 Å². The predicted octanol–water partition coefficient (Wildman–Crippen LogP) is 3.68. The third-order valence-corrected chi connectivity index (χ3v) is 2.82. The molecule has 0 amide bonds. The highest BCUT2D eigenvalue weighted by Crippen LogP contribution is 2.42. The van der Waals surface area contributed by atoms with Crippen molar-refractivity contribution in [2.75, 3.05) is 0 Å². The molecule has 0 saturated heterocycles. The number of nitro groups is 1.